The average molecular weight is 591 g/mol. The Bertz CT molecular complexity index is 1450. The Balaban J connectivity index is 1.54. The lowest BCUT2D eigenvalue weighted by atomic mass is 9.97. The molecule has 0 radical (unpaired) electrons. The lowest BCUT2D eigenvalue weighted by Gasteiger charge is -2.30. The van der Waals surface area contributed by atoms with Crippen LogP contribution in [0.1, 0.15) is 43.6 Å². The monoisotopic (exact) mass is 590 g/mol. The zero-order valence-corrected chi connectivity index (χ0v) is 23.8. The predicted octanol–water partition coefficient (Wildman–Crippen LogP) is 0.507. The molecule has 0 saturated carbocycles. The molecule has 5 N–H and O–H groups in total. The van der Waals surface area contributed by atoms with Crippen molar-refractivity contribution in [2.24, 2.45) is 5.92 Å². The van der Waals surface area contributed by atoms with Gasteiger partial charge in [0.05, 0.1) is 19.4 Å². The largest absolute Gasteiger partial charge is 0.481 e. The number of nitrogens with one attached hydrogen (secondary N) is 4. The zero-order chi connectivity index (χ0) is 30.9. The number of anilines is 1. The van der Waals surface area contributed by atoms with Crippen LogP contribution in [0.2, 0.25) is 0 Å². The van der Waals surface area contributed by atoms with E-state index in [1.807, 2.05) is 13.0 Å². The molecule has 4 rings (SSSR count). The summed E-state index contributed by atoms with van der Waals surface area (Å²) in [5, 5.41) is 31.0. The minimum Gasteiger partial charge on any atom is -0.481 e. The van der Waals surface area contributed by atoms with E-state index in [2.05, 4.69) is 36.6 Å². The van der Waals surface area contributed by atoms with Gasteiger partial charge in [0.1, 0.15) is 18.1 Å². The number of aromatic nitrogens is 4. The van der Waals surface area contributed by atoms with Crippen molar-refractivity contribution < 1.29 is 29.1 Å². The molecular weight excluding hydrogens is 556 g/mol. The number of carbonyl (C=O) groups excluding carboxylic acids is 4. The number of H-pyrrole nitrogens is 1. The minimum absolute atomic E-state index is 0.0429. The van der Waals surface area contributed by atoms with Crippen LogP contribution >= 0.6 is 0 Å². The summed E-state index contributed by atoms with van der Waals surface area (Å²) in [6, 6.07) is 12.4. The van der Waals surface area contributed by atoms with Crippen molar-refractivity contribution in [1.29, 1.82) is 0 Å². The lowest BCUT2D eigenvalue weighted by Crippen LogP contribution is -2.59. The molecule has 2 aromatic carbocycles. The standard InChI is InChI=1S/C29H34N8O6/c1-3-17(2)26(32-24(38)13-18-9-5-4-6-10-18)28(42)31-20(15-25(39)40)29(43)37-21-12-8-7-11-19(21)14-22(37)27(41)30-16-23-33-35-36-34-23/h4-12,17,20,22,26H,3,13-16H2,1-2H3,(H,30,41)(H,31,42)(H,32,38)(H,39,40)(H,33,34,35,36)/t17-,20-,22-,26-/m0/s1. The maximum atomic E-state index is 14.0. The molecule has 3 aromatic rings. The van der Waals surface area contributed by atoms with Crippen LogP contribution in [0.15, 0.2) is 54.6 Å². The van der Waals surface area contributed by atoms with Gasteiger partial charge in [0, 0.05) is 12.1 Å². The van der Waals surface area contributed by atoms with Gasteiger partial charge < -0.3 is 21.1 Å². The highest BCUT2D eigenvalue weighted by Crippen LogP contribution is 2.33. The second-order valence-electron chi connectivity index (χ2n) is 10.4. The van der Waals surface area contributed by atoms with E-state index >= 15 is 0 Å². The Morgan fingerprint density at radius 3 is 2.44 bits per heavy atom. The summed E-state index contributed by atoms with van der Waals surface area (Å²) >= 11 is 0. The predicted molar refractivity (Wildman–Crippen MR) is 153 cm³/mol. The van der Waals surface area contributed by atoms with Crippen LogP contribution in [0.3, 0.4) is 0 Å². The van der Waals surface area contributed by atoms with Gasteiger partial charge >= 0.3 is 5.97 Å². The second-order valence-corrected chi connectivity index (χ2v) is 10.4. The number of amides is 4. The highest BCUT2D eigenvalue weighted by molar-refractivity contribution is 6.08. The highest BCUT2D eigenvalue weighted by atomic mass is 16.4. The Kier molecular flexibility index (Phi) is 10.1. The number of carboxylic acid groups (broad SMARTS) is 1. The van der Waals surface area contributed by atoms with Crippen molar-refractivity contribution in [3.8, 4) is 0 Å². The molecule has 0 aliphatic carbocycles. The first-order valence-corrected chi connectivity index (χ1v) is 13.9. The fourth-order valence-electron chi connectivity index (χ4n) is 4.92. The first-order chi connectivity index (χ1) is 20.7. The third kappa shape index (κ3) is 7.78. The van der Waals surface area contributed by atoms with Crippen molar-refractivity contribution in [2.75, 3.05) is 4.90 Å². The number of hydrogen-bond acceptors (Lipinski definition) is 8. The van der Waals surface area contributed by atoms with Gasteiger partial charge in [0.2, 0.25) is 17.7 Å². The SMILES string of the molecule is CC[C@H](C)[C@H](NC(=O)Cc1ccccc1)C(=O)N[C@@H](CC(=O)O)C(=O)N1c2ccccc2C[C@H]1C(=O)NCc1nn[nH]n1. The number of tetrazole rings is 1. The van der Waals surface area contributed by atoms with Crippen LogP contribution in [0.4, 0.5) is 5.69 Å². The van der Waals surface area contributed by atoms with E-state index < -0.39 is 48.2 Å². The van der Waals surface area contributed by atoms with Crippen LogP contribution < -0.4 is 20.9 Å². The Morgan fingerprint density at radius 2 is 1.77 bits per heavy atom. The van der Waals surface area contributed by atoms with Gasteiger partial charge in [0.25, 0.3) is 5.91 Å². The number of aromatic amines is 1. The van der Waals surface area contributed by atoms with E-state index in [9.17, 15) is 29.1 Å². The van der Waals surface area contributed by atoms with Crippen LogP contribution in [-0.2, 0) is 43.4 Å². The molecule has 4 atom stereocenters. The number of aliphatic carboxylic acids is 1. The molecule has 226 valence electrons. The average Bonchev–Trinajstić information content (AvgIpc) is 3.66. The van der Waals surface area contributed by atoms with Gasteiger partial charge in [-0.15, -0.1) is 10.2 Å². The molecule has 0 bridgehead atoms. The summed E-state index contributed by atoms with van der Waals surface area (Å²) in [7, 11) is 0. The van der Waals surface area contributed by atoms with Gasteiger partial charge in [-0.3, -0.25) is 28.9 Å². The summed E-state index contributed by atoms with van der Waals surface area (Å²) in [6.07, 6.45) is 0.0253. The third-order valence-corrected chi connectivity index (χ3v) is 7.34. The molecule has 0 saturated heterocycles. The molecule has 43 heavy (non-hydrogen) atoms. The first kappa shape index (κ1) is 30.8. The Hall–Kier alpha value is -5.14. The van der Waals surface area contributed by atoms with E-state index in [-0.39, 0.29) is 37.0 Å². The third-order valence-electron chi connectivity index (χ3n) is 7.34. The van der Waals surface area contributed by atoms with Crippen molar-refractivity contribution in [1.82, 2.24) is 36.6 Å². The van der Waals surface area contributed by atoms with E-state index in [0.29, 0.717) is 17.7 Å². The topological polar surface area (TPSA) is 199 Å². The molecule has 2 heterocycles. The molecule has 14 heteroatoms. The molecule has 1 aromatic heterocycles. The van der Waals surface area contributed by atoms with Crippen molar-refractivity contribution in [3.05, 3.63) is 71.5 Å². The second kappa shape index (κ2) is 14.2. The summed E-state index contributed by atoms with van der Waals surface area (Å²) < 4.78 is 0. The number of hydrogen-bond donors (Lipinski definition) is 5. The van der Waals surface area contributed by atoms with Gasteiger partial charge in [-0.2, -0.15) is 5.21 Å². The molecular formula is C29H34N8O6. The molecule has 4 amide bonds. The normalized spacial score (nSPS) is 16.0. The molecule has 0 spiro atoms. The number of carbonyl (C=O) groups is 5. The molecule has 0 unspecified atom stereocenters. The van der Waals surface area contributed by atoms with Crippen LogP contribution in [0.25, 0.3) is 0 Å². The van der Waals surface area contributed by atoms with Gasteiger partial charge in [0.15, 0.2) is 5.82 Å². The number of benzene rings is 2. The summed E-state index contributed by atoms with van der Waals surface area (Å²) in [5.74, 6) is -3.77. The van der Waals surface area contributed by atoms with Crippen LogP contribution in [-0.4, -0.2) is 73.5 Å². The quantitative estimate of drug-likeness (QED) is 0.188. The van der Waals surface area contributed by atoms with Crippen LogP contribution in [0.5, 0.6) is 0 Å². The molecule has 1 aliphatic heterocycles. The number of rotatable bonds is 13. The van der Waals surface area contributed by atoms with Gasteiger partial charge in [-0.1, -0.05) is 74.0 Å². The summed E-state index contributed by atoms with van der Waals surface area (Å²) in [6.45, 7) is 3.59. The smallest absolute Gasteiger partial charge is 0.305 e. The van der Waals surface area contributed by atoms with Crippen LogP contribution in [0, 0.1) is 5.92 Å². The maximum Gasteiger partial charge on any atom is 0.305 e. The Labute approximate surface area is 247 Å². The van der Waals surface area contributed by atoms with Crippen molar-refractivity contribution in [2.45, 2.75) is 64.2 Å². The number of carboxylic acids is 1. The van der Waals surface area contributed by atoms with Crippen molar-refractivity contribution in [3.63, 3.8) is 0 Å². The summed E-state index contributed by atoms with van der Waals surface area (Å²) in [4.78, 5) is 66.7. The van der Waals surface area contributed by atoms with Crippen molar-refractivity contribution >= 4 is 35.3 Å². The minimum atomic E-state index is -1.51. The molecule has 1 aliphatic rings. The van der Waals surface area contributed by atoms with E-state index in [1.165, 1.54) is 4.90 Å². The number of fused-ring (bicyclic) bond motifs is 1. The highest BCUT2D eigenvalue weighted by Gasteiger charge is 2.42. The number of nitrogens with zero attached hydrogens (tertiary/aromatic N) is 4. The van der Waals surface area contributed by atoms with E-state index in [4.69, 9.17) is 0 Å². The zero-order valence-electron chi connectivity index (χ0n) is 23.8. The summed E-state index contributed by atoms with van der Waals surface area (Å²) in [5.41, 5.74) is 1.91. The fraction of sp³-hybridized carbons (Fsp3) is 0.379. The Morgan fingerprint density at radius 1 is 1.05 bits per heavy atom. The first-order valence-electron chi connectivity index (χ1n) is 13.9. The lowest BCUT2D eigenvalue weighted by molar-refractivity contribution is -0.140. The van der Waals surface area contributed by atoms with Gasteiger partial charge in [-0.05, 0) is 23.1 Å². The molecule has 14 nitrogen and oxygen atoms in total. The van der Waals surface area contributed by atoms with Gasteiger partial charge in [-0.25, -0.2) is 0 Å². The van der Waals surface area contributed by atoms with E-state index in [1.54, 1.807) is 55.5 Å². The number of para-hydroxylation sites is 1. The fourth-order valence-corrected chi connectivity index (χ4v) is 4.92. The van der Waals surface area contributed by atoms with E-state index in [0.717, 1.165) is 5.56 Å². The maximum absolute atomic E-state index is 14.0. The molecule has 0 fully saturated rings.